The number of hydrogen-bond acceptors (Lipinski definition) is 2. The van der Waals surface area contributed by atoms with Gasteiger partial charge in [0.05, 0.1) is 13.2 Å². The highest BCUT2D eigenvalue weighted by atomic mass is 16.5. The highest BCUT2D eigenvalue weighted by molar-refractivity contribution is 5.40. The smallest absolute Gasteiger partial charge is 0.122 e. The number of aliphatic hydroxyl groups is 1. The third-order valence-corrected chi connectivity index (χ3v) is 2.47. The Kier molecular flexibility index (Phi) is 3.96. The molecular weight excluding hydrogens is 176 g/mol. The molecule has 0 aromatic heterocycles. The maximum atomic E-state index is 9.87. The van der Waals surface area contributed by atoms with Gasteiger partial charge in [-0.3, -0.25) is 0 Å². The van der Waals surface area contributed by atoms with Crippen molar-refractivity contribution in [2.75, 3.05) is 7.11 Å². The Morgan fingerprint density at radius 2 is 2.14 bits per heavy atom. The maximum Gasteiger partial charge on any atom is 0.122 e. The van der Waals surface area contributed by atoms with Crippen LogP contribution in [0, 0.1) is 6.92 Å². The molecule has 1 aromatic rings. The summed E-state index contributed by atoms with van der Waals surface area (Å²) in [5.74, 6) is 0.845. The van der Waals surface area contributed by atoms with Crippen molar-refractivity contribution in [2.45, 2.75) is 32.8 Å². The van der Waals surface area contributed by atoms with E-state index in [0.29, 0.717) is 0 Å². The Balaban J connectivity index is 2.96. The number of rotatable bonds is 4. The van der Waals surface area contributed by atoms with E-state index in [-0.39, 0.29) is 6.10 Å². The molecule has 2 heteroatoms. The van der Waals surface area contributed by atoms with Crippen molar-refractivity contribution in [2.24, 2.45) is 0 Å². The molecule has 0 saturated heterocycles. The van der Waals surface area contributed by atoms with Gasteiger partial charge in [0.2, 0.25) is 0 Å². The zero-order valence-corrected chi connectivity index (χ0v) is 9.08. The first-order valence-electron chi connectivity index (χ1n) is 5.02. The van der Waals surface area contributed by atoms with Crippen LogP contribution in [0.25, 0.3) is 0 Å². The second-order valence-electron chi connectivity index (χ2n) is 3.48. The van der Waals surface area contributed by atoms with Gasteiger partial charge in [0.1, 0.15) is 5.75 Å². The van der Waals surface area contributed by atoms with Crippen LogP contribution < -0.4 is 4.74 Å². The van der Waals surface area contributed by atoms with Gasteiger partial charge in [0.25, 0.3) is 0 Å². The third-order valence-electron chi connectivity index (χ3n) is 2.47. The highest BCUT2D eigenvalue weighted by Gasteiger charge is 2.11. The molecule has 1 aromatic carbocycles. The van der Waals surface area contributed by atoms with Crippen molar-refractivity contribution in [3.05, 3.63) is 29.3 Å². The molecule has 0 heterocycles. The lowest BCUT2D eigenvalue weighted by Crippen LogP contribution is -2.01. The number of hydrogen-bond donors (Lipinski definition) is 1. The molecule has 0 saturated carbocycles. The van der Waals surface area contributed by atoms with Crippen molar-refractivity contribution in [3.63, 3.8) is 0 Å². The summed E-state index contributed by atoms with van der Waals surface area (Å²) in [4.78, 5) is 0. The number of methoxy groups -OCH3 is 1. The van der Waals surface area contributed by atoms with Crippen molar-refractivity contribution >= 4 is 0 Å². The number of aliphatic hydroxyl groups excluding tert-OH is 1. The fourth-order valence-electron chi connectivity index (χ4n) is 1.64. The van der Waals surface area contributed by atoms with Crippen molar-refractivity contribution in [1.29, 1.82) is 0 Å². The van der Waals surface area contributed by atoms with Crippen LogP contribution in [0.1, 0.15) is 37.0 Å². The Hall–Kier alpha value is -1.02. The Bertz CT molecular complexity index is 294. The van der Waals surface area contributed by atoms with E-state index in [4.69, 9.17) is 4.74 Å². The van der Waals surface area contributed by atoms with E-state index < -0.39 is 0 Å². The second-order valence-corrected chi connectivity index (χ2v) is 3.48. The van der Waals surface area contributed by atoms with Gasteiger partial charge in [-0.2, -0.15) is 0 Å². The van der Waals surface area contributed by atoms with E-state index in [1.54, 1.807) is 7.11 Å². The number of benzene rings is 1. The summed E-state index contributed by atoms with van der Waals surface area (Å²) < 4.78 is 5.20. The lowest BCUT2D eigenvalue weighted by molar-refractivity contribution is 0.165. The summed E-state index contributed by atoms with van der Waals surface area (Å²) in [6, 6.07) is 5.79. The quantitative estimate of drug-likeness (QED) is 0.798. The summed E-state index contributed by atoms with van der Waals surface area (Å²) in [6.07, 6.45) is 1.42. The molecule has 0 radical (unpaired) electrons. The van der Waals surface area contributed by atoms with Crippen LogP contribution in [0.3, 0.4) is 0 Å². The Morgan fingerprint density at radius 1 is 1.43 bits per heavy atom. The maximum absolute atomic E-state index is 9.87. The summed E-state index contributed by atoms with van der Waals surface area (Å²) in [7, 11) is 1.65. The minimum Gasteiger partial charge on any atom is -0.496 e. The minimum absolute atomic E-state index is 0.366. The van der Waals surface area contributed by atoms with Gasteiger partial charge in [0, 0.05) is 0 Å². The molecule has 0 aliphatic rings. The molecule has 1 unspecified atom stereocenters. The predicted octanol–water partition coefficient (Wildman–Crippen LogP) is 2.84. The van der Waals surface area contributed by atoms with Crippen LogP contribution >= 0.6 is 0 Å². The van der Waals surface area contributed by atoms with Crippen LogP contribution in [0.15, 0.2) is 18.2 Å². The molecule has 0 spiro atoms. The monoisotopic (exact) mass is 194 g/mol. The topological polar surface area (TPSA) is 29.5 Å². The Labute approximate surface area is 85.5 Å². The van der Waals surface area contributed by atoms with E-state index in [1.807, 2.05) is 25.1 Å². The van der Waals surface area contributed by atoms with E-state index in [2.05, 4.69) is 6.92 Å². The first kappa shape index (κ1) is 11.1. The van der Waals surface area contributed by atoms with E-state index in [1.165, 1.54) is 0 Å². The van der Waals surface area contributed by atoms with Gasteiger partial charge in [0.15, 0.2) is 0 Å². The fourth-order valence-corrected chi connectivity index (χ4v) is 1.64. The minimum atomic E-state index is -0.366. The first-order valence-corrected chi connectivity index (χ1v) is 5.02. The molecule has 2 nitrogen and oxygen atoms in total. The molecule has 1 N–H and O–H groups in total. The SMILES string of the molecule is CCCC(O)c1cccc(OC)c1C. The zero-order chi connectivity index (χ0) is 10.6. The summed E-state index contributed by atoms with van der Waals surface area (Å²) in [5, 5.41) is 9.87. The highest BCUT2D eigenvalue weighted by Crippen LogP contribution is 2.27. The molecule has 0 fully saturated rings. The first-order chi connectivity index (χ1) is 6.70. The van der Waals surface area contributed by atoms with E-state index in [9.17, 15) is 5.11 Å². The molecule has 0 aliphatic carbocycles. The molecule has 1 atom stereocenters. The van der Waals surface area contributed by atoms with Crippen LogP contribution in [0.2, 0.25) is 0 Å². The van der Waals surface area contributed by atoms with Gasteiger partial charge < -0.3 is 9.84 Å². The fraction of sp³-hybridized carbons (Fsp3) is 0.500. The van der Waals surface area contributed by atoms with Gasteiger partial charge in [-0.25, -0.2) is 0 Å². The van der Waals surface area contributed by atoms with Crippen LogP contribution in [0.5, 0.6) is 5.75 Å². The summed E-state index contributed by atoms with van der Waals surface area (Å²) >= 11 is 0. The van der Waals surface area contributed by atoms with Gasteiger partial charge in [-0.05, 0) is 30.5 Å². The third kappa shape index (κ3) is 2.26. The molecule has 0 amide bonds. The lowest BCUT2D eigenvalue weighted by atomic mass is 9.99. The van der Waals surface area contributed by atoms with Crippen LogP contribution in [0.4, 0.5) is 0 Å². The zero-order valence-electron chi connectivity index (χ0n) is 9.08. The molecule has 0 aliphatic heterocycles. The van der Waals surface area contributed by atoms with Crippen LogP contribution in [-0.2, 0) is 0 Å². The van der Waals surface area contributed by atoms with Crippen molar-refractivity contribution < 1.29 is 9.84 Å². The number of ether oxygens (including phenoxy) is 1. The standard InChI is InChI=1S/C12H18O2/c1-4-6-11(13)10-7-5-8-12(14-3)9(10)2/h5,7-8,11,13H,4,6H2,1-3H3. The van der Waals surface area contributed by atoms with E-state index >= 15 is 0 Å². The molecule has 14 heavy (non-hydrogen) atoms. The molecular formula is C12H18O2. The average molecular weight is 194 g/mol. The van der Waals surface area contributed by atoms with Crippen molar-refractivity contribution in [3.8, 4) is 5.75 Å². The average Bonchev–Trinajstić information content (AvgIpc) is 2.18. The normalized spacial score (nSPS) is 12.6. The molecule has 0 bridgehead atoms. The molecule has 78 valence electrons. The second kappa shape index (κ2) is 5.01. The summed E-state index contributed by atoms with van der Waals surface area (Å²) in [6.45, 7) is 4.05. The van der Waals surface area contributed by atoms with Gasteiger partial charge in [-0.15, -0.1) is 0 Å². The van der Waals surface area contributed by atoms with Crippen molar-refractivity contribution in [1.82, 2.24) is 0 Å². The largest absolute Gasteiger partial charge is 0.496 e. The van der Waals surface area contributed by atoms with E-state index in [0.717, 1.165) is 29.7 Å². The van der Waals surface area contributed by atoms with Gasteiger partial charge in [-0.1, -0.05) is 25.5 Å². The van der Waals surface area contributed by atoms with Crippen LogP contribution in [-0.4, -0.2) is 12.2 Å². The van der Waals surface area contributed by atoms with Gasteiger partial charge >= 0.3 is 0 Å². The summed E-state index contributed by atoms with van der Waals surface area (Å²) in [5.41, 5.74) is 2.02. The molecule has 1 rings (SSSR count). The lowest BCUT2D eigenvalue weighted by Gasteiger charge is -2.14. The predicted molar refractivity (Wildman–Crippen MR) is 57.6 cm³/mol. The Morgan fingerprint density at radius 3 is 2.71 bits per heavy atom.